The number of amides is 10. The third-order valence-corrected chi connectivity index (χ3v) is 13.1. The van der Waals surface area contributed by atoms with Crippen molar-refractivity contribution >= 4 is 71.0 Å². The predicted molar refractivity (Wildman–Crippen MR) is 303 cm³/mol. The lowest BCUT2D eigenvalue weighted by Gasteiger charge is -2.37. The lowest BCUT2D eigenvalue weighted by molar-refractivity contribution is -0.146. The maximum absolute atomic E-state index is 14.4. The Bertz CT molecular complexity index is 2500. The normalized spacial score (nSPS) is 15.5. The second-order valence-corrected chi connectivity index (χ2v) is 19.9. The molecule has 0 unspecified atom stereocenters. The maximum atomic E-state index is 14.4. The molecule has 1 fully saturated rings. The molecule has 19 N–H and O–H groups in total. The van der Waals surface area contributed by atoms with Gasteiger partial charge in [0.25, 0.3) is 0 Å². The molecule has 1 heterocycles. The van der Waals surface area contributed by atoms with Gasteiger partial charge in [0.2, 0.25) is 59.1 Å². The van der Waals surface area contributed by atoms with Crippen molar-refractivity contribution in [1.29, 1.82) is 0 Å². The van der Waals surface area contributed by atoms with E-state index in [4.69, 9.17) is 39.1 Å². The monoisotopic (exact) mass is 1130 g/mol. The van der Waals surface area contributed by atoms with Gasteiger partial charge in [-0.15, -0.1) is 0 Å². The number of nitrogens with one attached hydrogen (secondary N) is 7. The van der Waals surface area contributed by atoms with Crippen LogP contribution in [0.25, 0.3) is 0 Å². The quantitative estimate of drug-likeness (QED) is 0.0197. The molecule has 0 aliphatic carbocycles. The fraction of sp³-hybridized carbons (Fsp3) is 0.556. The lowest BCUT2D eigenvalue weighted by Crippen LogP contribution is -2.62. The minimum absolute atomic E-state index is 0.00777. The largest absolute Gasteiger partial charge is 0.494 e. The number of rotatable bonds is 34. The Hall–Kier alpha value is -8.52. The molecule has 8 atom stereocenters. The van der Waals surface area contributed by atoms with Crippen LogP contribution in [0.15, 0.2) is 64.6 Å². The van der Waals surface area contributed by atoms with E-state index in [-0.39, 0.29) is 89.3 Å². The number of aliphatic imine (C=N–C) groups is 2. The Kier molecular flexibility index (Phi) is 28.4. The molecule has 27 heteroatoms. The summed E-state index contributed by atoms with van der Waals surface area (Å²) < 4.78 is 5.54. The molecule has 0 aromatic heterocycles. The summed E-state index contributed by atoms with van der Waals surface area (Å²) in [5.41, 5.74) is 34.3. The number of ether oxygens (including phenoxy) is 1. The summed E-state index contributed by atoms with van der Waals surface area (Å²) in [5.74, 6) is -8.04. The third kappa shape index (κ3) is 23.4. The second kappa shape index (κ2) is 34.5. The number of likely N-dealkylation sites (tertiary alicyclic amines) is 1. The van der Waals surface area contributed by atoms with E-state index in [1.165, 1.54) is 4.90 Å². The third-order valence-electron chi connectivity index (χ3n) is 13.1. The van der Waals surface area contributed by atoms with E-state index < -0.39 is 120 Å². The first-order chi connectivity index (χ1) is 38.5. The first-order valence-electron chi connectivity index (χ1n) is 27.3. The van der Waals surface area contributed by atoms with Crippen molar-refractivity contribution in [3.05, 3.63) is 65.7 Å². The predicted octanol–water partition coefficient (Wildman–Crippen LogP) is -2.41. The Morgan fingerprint density at radius 3 is 1.65 bits per heavy atom. The van der Waals surface area contributed by atoms with Gasteiger partial charge in [-0.1, -0.05) is 70.2 Å². The van der Waals surface area contributed by atoms with Crippen LogP contribution in [-0.2, 0) is 60.8 Å². The van der Waals surface area contributed by atoms with Crippen molar-refractivity contribution in [3.8, 4) is 5.75 Å². The average molecular weight is 1130 g/mol. The standard InChI is InChI=1S/C54H84N16O11/c1-6-35(52(80)70-27-13-12-20-41(70)50(78)66-37(19-15-26-62-54(59)60)46(74)65-36(45(56)73)18-14-25-61-53(57)58)64-48(76)40(30-42(55)71)68-51(79)44(31(4)5)69-49(77)39(28-32-16-10-9-11-17-32)67-47(75)38(63-43(72)7-2)29-33-21-23-34(24-22-33)81-8-3/h9-11,16-17,21-24,31,35-41,44H,6-8,12-15,18-20,25-30H2,1-5H3,(H2,55,71)(H2,56,73)(H,63,72)(H,64,76)(H,65,74)(H,66,78)(H,67,75)(H,68,79)(H,69,77)(H4,57,58,61)(H4,59,60,62)/t35-,36-,37-,38+,39-,40-,41-,44-/m0/s1. The number of piperidine rings is 1. The molecule has 0 bridgehead atoms. The van der Waals surface area contributed by atoms with Crippen molar-refractivity contribution in [2.45, 2.75) is 160 Å². The van der Waals surface area contributed by atoms with Gasteiger partial charge in [0, 0.05) is 38.9 Å². The number of hydrogen-bond donors (Lipinski definition) is 13. The van der Waals surface area contributed by atoms with Gasteiger partial charge in [0.1, 0.15) is 54.1 Å². The van der Waals surface area contributed by atoms with Gasteiger partial charge in [-0.2, -0.15) is 0 Å². The molecule has 27 nitrogen and oxygen atoms in total. The second-order valence-electron chi connectivity index (χ2n) is 19.9. The van der Waals surface area contributed by atoms with E-state index in [2.05, 4.69) is 47.2 Å². The SMILES string of the molecule is CCOc1ccc(C[C@@H](NC(=O)CC)C(=O)N[C@@H](Cc2ccccc2)C(=O)N[C@H](C(=O)N[C@@H](CC(N)=O)C(=O)N[C@@H](CC)C(=O)N2CCCC[C@H]2C(=O)N[C@@H](CCCN=C(N)N)C(=O)N[C@@H](CCCN=C(N)N)C(N)=O)C(C)C)cc1. The molecule has 1 saturated heterocycles. The van der Waals surface area contributed by atoms with Crippen LogP contribution in [0.5, 0.6) is 5.75 Å². The highest BCUT2D eigenvalue weighted by molar-refractivity contribution is 5.99. The van der Waals surface area contributed by atoms with Gasteiger partial charge in [-0.25, -0.2) is 0 Å². The molecule has 0 radical (unpaired) electrons. The fourth-order valence-corrected chi connectivity index (χ4v) is 8.80. The highest BCUT2D eigenvalue weighted by atomic mass is 16.5. The van der Waals surface area contributed by atoms with Gasteiger partial charge < -0.3 is 81.3 Å². The van der Waals surface area contributed by atoms with Gasteiger partial charge in [0.05, 0.1) is 13.0 Å². The topological polar surface area (TPSA) is 448 Å². The first kappa shape index (κ1) is 66.8. The van der Waals surface area contributed by atoms with E-state index >= 15 is 0 Å². The number of nitrogens with zero attached hydrogens (tertiary/aromatic N) is 3. The Labute approximate surface area is 472 Å². The number of nitrogens with two attached hydrogens (primary N) is 6. The number of benzene rings is 2. The van der Waals surface area contributed by atoms with Crippen molar-refractivity contribution in [3.63, 3.8) is 0 Å². The fourth-order valence-electron chi connectivity index (χ4n) is 8.80. The van der Waals surface area contributed by atoms with Crippen LogP contribution in [0.2, 0.25) is 0 Å². The van der Waals surface area contributed by atoms with Crippen LogP contribution in [0.1, 0.15) is 110 Å². The molecule has 2 aromatic rings. The maximum Gasteiger partial charge on any atom is 0.245 e. The van der Waals surface area contributed by atoms with Gasteiger partial charge in [0.15, 0.2) is 11.9 Å². The molecule has 1 aliphatic heterocycles. The number of carbonyl (C=O) groups excluding carboxylic acids is 10. The Morgan fingerprint density at radius 2 is 1.11 bits per heavy atom. The molecule has 3 rings (SSSR count). The minimum atomic E-state index is -1.66. The molecule has 0 saturated carbocycles. The molecule has 10 amide bonds. The zero-order valence-electron chi connectivity index (χ0n) is 47.0. The van der Waals surface area contributed by atoms with E-state index in [0.717, 1.165) is 0 Å². The van der Waals surface area contributed by atoms with Crippen LogP contribution in [0.4, 0.5) is 0 Å². The highest BCUT2D eigenvalue weighted by Crippen LogP contribution is 2.21. The molecular formula is C54H84N16O11. The number of primary amides is 2. The summed E-state index contributed by atoms with van der Waals surface area (Å²) >= 11 is 0. The van der Waals surface area contributed by atoms with E-state index in [1.54, 1.807) is 82.3 Å². The lowest BCUT2D eigenvalue weighted by atomic mass is 9.98. The summed E-state index contributed by atoms with van der Waals surface area (Å²) in [6.07, 6.45) is 1.16. The van der Waals surface area contributed by atoms with Crippen LogP contribution >= 0.6 is 0 Å². The van der Waals surface area contributed by atoms with Crippen LogP contribution in [0.3, 0.4) is 0 Å². The highest BCUT2D eigenvalue weighted by Gasteiger charge is 2.39. The summed E-state index contributed by atoms with van der Waals surface area (Å²) in [4.78, 5) is 146. The number of hydrogen-bond acceptors (Lipinski definition) is 13. The van der Waals surface area contributed by atoms with Gasteiger partial charge >= 0.3 is 0 Å². The van der Waals surface area contributed by atoms with E-state index in [1.807, 2.05) is 6.92 Å². The van der Waals surface area contributed by atoms with Crippen molar-refractivity contribution in [1.82, 2.24) is 42.1 Å². The van der Waals surface area contributed by atoms with Crippen molar-refractivity contribution < 1.29 is 52.7 Å². The molecule has 0 spiro atoms. The van der Waals surface area contributed by atoms with E-state index in [9.17, 15) is 47.9 Å². The van der Waals surface area contributed by atoms with Crippen LogP contribution < -0.4 is 76.4 Å². The number of guanidine groups is 2. The van der Waals surface area contributed by atoms with Crippen molar-refractivity contribution in [2.24, 2.45) is 50.3 Å². The summed E-state index contributed by atoms with van der Waals surface area (Å²) in [7, 11) is 0. The number of carbonyl (C=O) groups is 10. The summed E-state index contributed by atoms with van der Waals surface area (Å²) in [6.45, 7) is 9.13. The van der Waals surface area contributed by atoms with Crippen LogP contribution in [-0.4, -0.2) is 150 Å². The Morgan fingerprint density at radius 1 is 0.593 bits per heavy atom. The first-order valence-corrected chi connectivity index (χ1v) is 27.3. The van der Waals surface area contributed by atoms with Gasteiger partial charge in [-0.3, -0.25) is 57.9 Å². The molecule has 81 heavy (non-hydrogen) atoms. The molecular weight excluding hydrogens is 1050 g/mol. The van der Waals surface area contributed by atoms with Crippen molar-refractivity contribution in [2.75, 3.05) is 26.2 Å². The minimum Gasteiger partial charge on any atom is -0.494 e. The zero-order chi connectivity index (χ0) is 60.2. The summed E-state index contributed by atoms with van der Waals surface area (Å²) in [6, 6.07) is 5.56. The molecule has 446 valence electrons. The Balaban J connectivity index is 1.84. The van der Waals surface area contributed by atoms with E-state index in [0.29, 0.717) is 36.3 Å². The van der Waals surface area contributed by atoms with Crippen LogP contribution in [0, 0.1) is 5.92 Å². The average Bonchev–Trinajstić information content (AvgIpc) is 3.46. The summed E-state index contributed by atoms with van der Waals surface area (Å²) in [5, 5.41) is 18.6. The molecule has 2 aromatic carbocycles. The van der Waals surface area contributed by atoms with Gasteiger partial charge in [-0.05, 0) is 87.5 Å². The zero-order valence-corrected chi connectivity index (χ0v) is 47.0. The smallest absolute Gasteiger partial charge is 0.245 e. The molecule has 1 aliphatic rings.